The van der Waals surface area contributed by atoms with Gasteiger partial charge in [0.15, 0.2) is 0 Å². The van der Waals surface area contributed by atoms with Crippen LogP contribution in [0.2, 0.25) is 0 Å². The van der Waals surface area contributed by atoms with Gasteiger partial charge in [-0.2, -0.15) is 0 Å². The molecule has 1 rings (SSSR count). The predicted octanol–water partition coefficient (Wildman–Crippen LogP) is 3.04. The zero-order valence-electron chi connectivity index (χ0n) is 12.4. The Morgan fingerprint density at radius 3 is 2.42 bits per heavy atom. The van der Waals surface area contributed by atoms with Gasteiger partial charge in [-0.25, -0.2) is 0 Å². The van der Waals surface area contributed by atoms with Gasteiger partial charge in [0, 0.05) is 12.1 Å². The van der Waals surface area contributed by atoms with Crippen molar-refractivity contribution in [1.29, 1.82) is 0 Å². The maximum Gasteiger partial charge on any atom is 0.106 e. The molecule has 3 N–H and O–H groups in total. The van der Waals surface area contributed by atoms with E-state index >= 15 is 0 Å². The van der Waals surface area contributed by atoms with Crippen LogP contribution in [-0.4, -0.2) is 18.3 Å². The van der Waals surface area contributed by atoms with Crippen LogP contribution in [0, 0.1) is 0 Å². The average molecular weight is 264 g/mol. The van der Waals surface area contributed by atoms with Gasteiger partial charge in [-0.15, -0.1) is 0 Å². The first-order valence-electron chi connectivity index (χ1n) is 7.25. The van der Waals surface area contributed by atoms with Crippen LogP contribution in [-0.2, 0) is 11.3 Å². The Morgan fingerprint density at radius 1 is 1.11 bits per heavy atom. The molecule has 0 aliphatic carbocycles. The molecule has 3 heteroatoms. The first-order chi connectivity index (χ1) is 9.08. The lowest BCUT2D eigenvalue weighted by Gasteiger charge is -2.18. The SMILES string of the molecule is CC(C)NC(C)CCCC(N)OCc1ccccc1. The molecule has 0 aromatic heterocycles. The highest BCUT2D eigenvalue weighted by atomic mass is 16.5. The van der Waals surface area contributed by atoms with Crippen LogP contribution in [0.25, 0.3) is 0 Å². The maximum absolute atomic E-state index is 5.97. The highest BCUT2D eigenvalue weighted by molar-refractivity contribution is 5.13. The minimum atomic E-state index is -0.161. The Bertz CT molecular complexity index is 327. The van der Waals surface area contributed by atoms with Crippen LogP contribution < -0.4 is 11.1 Å². The summed E-state index contributed by atoms with van der Waals surface area (Å²) in [5.74, 6) is 0. The Morgan fingerprint density at radius 2 is 1.79 bits per heavy atom. The third-order valence-corrected chi connectivity index (χ3v) is 3.05. The normalized spacial score (nSPS) is 14.6. The Hall–Kier alpha value is -0.900. The third kappa shape index (κ3) is 7.98. The van der Waals surface area contributed by atoms with Crippen molar-refractivity contribution in [3.63, 3.8) is 0 Å². The lowest BCUT2D eigenvalue weighted by atomic mass is 10.1. The van der Waals surface area contributed by atoms with Gasteiger partial charge in [0.25, 0.3) is 0 Å². The van der Waals surface area contributed by atoms with E-state index in [-0.39, 0.29) is 6.23 Å². The van der Waals surface area contributed by atoms with Crippen LogP contribution in [0.3, 0.4) is 0 Å². The molecule has 0 fully saturated rings. The van der Waals surface area contributed by atoms with Crippen molar-refractivity contribution < 1.29 is 4.74 Å². The number of hydrogen-bond acceptors (Lipinski definition) is 3. The molecular formula is C16H28N2O. The number of ether oxygens (including phenoxy) is 1. The van der Waals surface area contributed by atoms with E-state index < -0.39 is 0 Å². The summed E-state index contributed by atoms with van der Waals surface area (Å²) in [5, 5.41) is 3.49. The molecular weight excluding hydrogens is 236 g/mol. The van der Waals surface area contributed by atoms with E-state index in [1.807, 2.05) is 18.2 Å². The summed E-state index contributed by atoms with van der Waals surface area (Å²) in [6.45, 7) is 7.16. The smallest absolute Gasteiger partial charge is 0.106 e. The highest BCUT2D eigenvalue weighted by Crippen LogP contribution is 2.07. The lowest BCUT2D eigenvalue weighted by Crippen LogP contribution is -2.32. The van der Waals surface area contributed by atoms with Gasteiger partial charge in [-0.05, 0) is 31.7 Å². The average Bonchev–Trinajstić information content (AvgIpc) is 2.36. The van der Waals surface area contributed by atoms with Crippen molar-refractivity contribution in [2.45, 2.75) is 65.0 Å². The van der Waals surface area contributed by atoms with Gasteiger partial charge < -0.3 is 15.8 Å². The van der Waals surface area contributed by atoms with Gasteiger partial charge in [0.2, 0.25) is 0 Å². The van der Waals surface area contributed by atoms with E-state index in [0.717, 1.165) is 19.3 Å². The zero-order valence-corrected chi connectivity index (χ0v) is 12.4. The van der Waals surface area contributed by atoms with Crippen molar-refractivity contribution in [3.05, 3.63) is 35.9 Å². The molecule has 0 amide bonds. The van der Waals surface area contributed by atoms with Crippen LogP contribution in [0.15, 0.2) is 30.3 Å². The molecule has 0 aliphatic heterocycles. The predicted molar refractivity (Wildman–Crippen MR) is 80.8 cm³/mol. The summed E-state index contributed by atoms with van der Waals surface area (Å²) in [7, 11) is 0. The lowest BCUT2D eigenvalue weighted by molar-refractivity contribution is 0.0374. The highest BCUT2D eigenvalue weighted by Gasteiger charge is 2.06. The summed E-state index contributed by atoms with van der Waals surface area (Å²) < 4.78 is 5.65. The second-order valence-corrected chi connectivity index (χ2v) is 5.49. The summed E-state index contributed by atoms with van der Waals surface area (Å²) >= 11 is 0. The molecule has 0 heterocycles. The number of benzene rings is 1. The van der Waals surface area contributed by atoms with Gasteiger partial charge in [-0.1, -0.05) is 44.2 Å². The fraction of sp³-hybridized carbons (Fsp3) is 0.625. The maximum atomic E-state index is 5.97. The molecule has 0 bridgehead atoms. The topological polar surface area (TPSA) is 47.3 Å². The van der Waals surface area contributed by atoms with Gasteiger partial charge in [0.05, 0.1) is 6.61 Å². The molecule has 19 heavy (non-hydrogen) atoms. The van der Waals surface area contributed by atoms with Gasteiger partial charge in [0.1, 0.15) is 6.23 Å². The second-order valence-electron chi connectivity index (χ2n) is 5.49. The molecule has 1 aromatic rings. The molecule has 0 aliphatic rings. The van der Waals surface area contributed by atoms with Crippen LogP contribution in [0.4, 0.5) is 0 Å². The second kappa shape index (κ2) is 9.08. The monoisotopic (exact) mass is 264 g/mol. The van der Waals surface area contributed by atoms with Crippen molar-refractivity contribution in [2.75, 3.05) is 0 Å². The molecule has 108 valence electrons. The minimum Gasteiger partial charge on any atom is -0.359 e. The Labute approximate surface area is 117 Å². The summed E-state index contributed by atoms with van der Waals surface area (Å²) in [5.41, 5.74) is 7.14. The van der Waals surface area contributed by atoms with E-state index in [0.29, 0.717) is 18.7 Å². The van der Waals surface area contributed by atoms with Gasteiger partial charge >= 0.3 is 0 Å². The van der Waals surface area contributed by atoms with E-state index in [4.69, 9.17) is 10.5 Å². The number of nitrogens with two attached hydrogens (primary N) is 1. The zero-order chi connectivity index (χ0) is 14.1. The first kappa shape index (κ1) is 16.2. The molecule has 0 saturated carbocycles. The third-order valence-electron chi connectivity index (χ3n) is 3.05. The van der Waals surface area contributed by atoms with Crippen molar-refractivity contribution in [1.82, 2.24) is 5.32 Å². The van der Waals surface area contributed by atoms with E-state index in [9.17, 15) is 0 Å². The van der Waals surface area contributed by atoms with Gasteiger partial charge in [-0.3, -0.25) is 0 Å². The number of rotatable bonds is 9. The minimum absolute atomic E-state index is 0.161. The number of hydrogen-bond donors (Lipinski definition) is 2. The summed E-state index contributed by atoms with van der Waals surface area (Å²) in [4.78, 5) is 0. The molecule has 0 radical (unpaired) electrons. The fourth-order valence-electron chi connectivity index (χ4n) is 2.14. The fourth-order valence-corrected chi connectivity index (χ4v) is 2.14. The number of nitrogens with one attached hydrogen (secondary N) is 1. The van der Waals surface area contributed by atoms with Crippen LogP contribution in [0.5, 0.6) is 0 Å². The van der Waals surface area contributed by atoms with Crippen molar-refractivity contribution >= 4 is 0 Å². The molecule has 0 spiro atoms. The first-order valence-corrected chi connectivity index (χ1v) is 7.25. The molecule has 2 atom stereocenters. The van der Waals surface area contributed by atoms with Crippen LogP contribution in [0.1, 0.15) is 45.6 Å². The molecule has 0 saturated heterocycles. The quantitative estimate of drug-likeness (QED) is 0.674. The summed E-state index contributed by atoms with van der Waals surface area (Å²) in [6, 6.07) is 11.2. The standard InChI is InChI=1S/C16H28N2O/c1-13(2)18-14(3)8-7-11-16(17)19-12-15-9-5-4-6-10-15/h4-6,9-10,13-14,16,18H,7-8,11-12,17H2,1-3H3. The van der Waals surface area contributed by atoms with Crippen molar-refractivity contribution in [2.24, 2.45) is 5.73 Å². The van der Waals surface area contributed by atoms with E-state index in [1.165, 1.54) is 5.56 Å². The van der Waals surface area contributed by atoms with E-state index in [1.54, 1.807) is 0 Å². The molecule has 2 unspecified atom stereocenters. The van der Waals surface area contributed by atoms with Crippen LogP contribution >= 0.6 is 0 Å². The van der Waals surface area contributed by atoms with Crippen molar-refractivity contribution in [3.8, 4) is 0 Å². The molecule has 1 aromatic carbocycles. The molecule has 3 nitrogen and oxygen atoms in total. The largest absolute Gasteiger partial charge is 0.359 e. The Kier molecular flexibility index (Phi) is 7.72. The summed E-state index contributed by atoms with van der Waals surface area (Å²) in [6.07, 6.45) is 2.99. The Balaban J connectivity index is 2.09. The van der Waals surface area contributed by atoms with E-state index in [2.05, 4.69) is 38.2 Å².